The van der Waals surface area contributed by atoms with E-state index in [1.165, 1.54) is 20.3 Å². The highest BCUT2D eigenvalue weighted by Crippen LogP contribution is 2.29. The van der Waals surface area contributed by atoms with Crippen LogP contribution in [0.2, 0.25) is 0 Å². The molecule has 0 bridgehead atoms. The van der Waals surface area contributed by atoms with Crippen LogP contribution in [-0.2, 0) is 16.0 Å². The molecule has 1 aliphatic heterocycles. The minimum atomic E-state index is -0.468. The van der Waals surface area contributed by atoms with Crippen LogP contribution in [0.1, 0.15) is 44.9 Å². The standard InChI is InChI=1S/C22H27NO6/c1-14-10-18(15(2)23(14)12-17-6-5-9-28-17)19(24)13-29-20-8-7-16(22(25)27-4)11-21(20)26-3/h7-8,10-11,17H,5-6,9,12-13H2,1-4H3/t17-/m1/s1. The molecular weight excluding hydrogens is 374 g/mol. The Labute approximate surface area is 170 Å². The van der Waals surface area contributed by atoms with Gasteiger partial charge in [0.05, 0.1) is 25.9 Å². The molecule has 0 unspecified atom stereocenters. The predicted molar refractivity (Wildman–Crippen MR) is 107 cm³/mol. The number of Topliss-reactive ketones (excluding diaryl/α,β-unsaturated/α-hetero) is 1. The van der Waals surface area contributed by atoms with Crippen LogP contribution in [0.15, 0.2) is 24.3 Å². The minimum Gasteiger partial charge on any atom is -0.493 e. The molecule has 1 atom stereocenters. The topological polar surface area (TPSA) is 76.0 Å². The molecule has 0 radical (unpaired) electrons. The summed E-state index contributed by atoms with van der Waals surface area (Å²) in [5, 5.41) is 0. The molecular formula is C22H27NO6. The SMILES string of the molecule is COC(=O)c1ccc(OCC(=O)c2cc(C)n(C[C@H]3CCCO3)c2C)c(OC)c1. The molecule has 1 saturated heterocycles. The lowest BCUT2D eigenvalue weighted by Gasteiger charge is -2.15. The third kappa shape index (κ3) is 4.62. The van der Waals surface area contributed by atoms with Gasteiger partial charge in [-0.3, -0.25) is 4.79 Å². The van der Waals surface area contributed by atoms with E-state index < -0.39 is 5.97 Å². The van der Waals surface area contributed by atoms with Gasteiger partial charge in [0.15, 0.2) is 18.1 Å². The van der Waals surface area contributed by atoms with Gasteiger partial charge >= 0.3 is 5.97 Å². The molecule has 156 valence electrons. The van der Waals surface area contributed by atoms with Crippen LogP contribution in [0.5, 0.6) is 11.5 Å². The van der Waals surface area contributed by atoms with Crippen LogP contribution in [0.25, 0.3) is 0 Å². The molecule has 1 aliphatic rings. The van der Waals surface area contributed by atoms with Crippen molar-refractivity contribution in [2.45, 2.75) is 39.3 Å². The molecule has 0 aliphatic carbocycles. The largest absolute Gasteiger partial charge is 0.493 e. The summed E-state index contributed by atoms with van der Waals surface area (Å²) in [7, 11) is 2.79. The first-order valence-electron chi connectivity index (χ1n) is 9.65. The molecule has 7 nitrogen and oxygen atoms in total. The number of hydrogen-bond acceptors (Lipinski definition) is 6. The zero-order valence-corrected chi connectivity index (χ0v) is 17.3. The van der Waals surface area contributed by atoms with Crippen molar-refractivity contribution in [1.29, 1.82) is 0 Å². The van der Waals surface area contributed by atoms with Crippen LogP contribution >= 0.6 is 0 Å². The molecule has 0 saturated carbocycles. The molecule has 2 heterocycles. The van der Waals surface area contributed by atoms with Gasteiger partial charge < -0.3 is 23.5 Å². The molecule has 1 fully saturated rings. The van der Waals surface area contributed by atoms with E-state index in [1.807, 2.05) is 19.9 Å². The van der Waals surface area contributed by atoms with Gasteiger partial charge in [0, 0.05) is 30.1 Å². The van der Waals surface area contributed by atoms with Gasteiger partial charge in [-0.1, -0.05) is 0 Å². The minimum absolute atomic E-state index is 0.115. The highest BCUT2D eigenvalue weighted by molar-refractivity contribution is 5.98. The fraction of sp³-hybridized carbons (Fsp3) is 0.455. The van der Waals surface area contributed by atoms with Gasteiger partial charge in [-0.05, 0) is 51.0 Å². The smallest absolute Gasteiger partial charge is 0.337 e. The van der Waals surface area contributed by atoms with E-state index >= 15 is 0 Å². The average Bonchev–Trinajstić information content (AvgIpc) is 3.35. The summed E-state index contributed by atoms with van der Waals surface area (Å²) in [5.74, 6) is 0.173. The summed E-state index contributed by atoms with van der Waals surface area (Å²) in [6, 6.07) is 6.59. The summed E-state index contributed by atoms with van der Waals surface area (Å²) in [4.78, 5) is 24.4. The molecule has 0 amide bonds. The molecule has 7 heteroatoms. The summed E-state index contributed by atoms with van der Waals surface area (Å²) >= 11 is 0. The Morgan fingerprint density at radius 1 is 1.17 bits per heavy atom. The summed E-state index contributed by atoms with van der Waals surface area (Å²) in [6.45, 7) is 5.38. The first-order chi connectivity index (χ1) is 13.9. The maximum absolute atomic E-state index is 12.8. The zero-order chi connectivity index (χ0) is 21.0. The number of ether oxygens (including phenoxy) is 4. The third-order valence-corrected chi connectivity index (χ3v) is 5.23. The Bertz CT molecular complexity index is 895. The quantitative estimate of drug-likeness (QED) is 0.499. The molecule has 0 spiro atoms. The molecule has 2 aromatic rings. The number of nitrogens with zero attached hydrogens (tertiary/aromatic N) is 1. The summed E-state index contributed by atoms with van der Waals surface area (Å²) < 4.78 is 23.5. The van der Waals surface area contributed by atoms with Crippen molar-refractivity contribution in [2.24, 2.45) is 0 Å². The van der Waals surface area contributed by atoms with Crippen LogP contribution in [-0.4, -0.2) is 49.9 Å². The van der Waals surface area contributed by atoms with E-state index in [9.17, 15) is 9.59 Å². The summed E-state index contributed by atoms with van der Waals surface area (Å²) in [5.41, 5.74) is 2.94. The van der Waals surface area contributed by atoms with E-state index in [2.05, 4.69) is 4.57 Å². The average molecular weight is 401 g/mol. The van der Waals surface area contributed by atoms with Crippen LogP contribution in [0.3, 0.4) is 0 Å². The van der Waals surface area contributed by atoms with Gasteiger partial charge in [-0.25, -0.2) is 4.79 Å². The van der Waals surface area contributed by atoms with Gasteiger partial charge in [-0.2, -0.15) is 0 Å². The Morgan fingerprint density at radius 3 is 2.62 bits per heavy atom. The second kappa shape index (κ2) is 9.13. The first kappa shape index (κ1) is 20.9. The number of ketones is 1. The lowest BCUT2D eigenvalue weighted by molar-refractivity contribution is 0.0600. The molecule has 29 heavy (non-hydrogen) atoms. The highest BCUT2D eigenvalue weighted by Gasteiger charge is 2.21. The molecule has 1 aromatic heterocycles. The van der Waals surface area contributed by atoms with Gasteiger partial charge in [0.25, 0.3) is 0 Å². The van der Waals surface area contributed by atoms with Crippen molar-refractivity contribution in [3.63, 3.8) is 0 Å². The first-order valence-corrected chi connectivity index (χ1v) is 9.65. The number of hydrogen-bond donors (Lipinski definition) is 0. The van der Waals surface area contributed by atoms with Crippen molar-refractivity contribution in [3.05, 3.63) is 46.8 Å². The number of carbonyl (C=O) groups excluding carboxylic acids is 2. The van der Waals surface area contributed by atoms with E-state index in [0.717, 1.165) is 37.4 Å². The number of benzene rings is 1. The van der Waals surface area contributed by atoms with Gasteiger partial charge in [-0.15, -0.1) is 0 Å². The Balaban J connectivity index is 1.70. The fourth-order valence-corrected chi connectivity index (χ4v) is 3.61. The number of esters is 1. The van der Waals surface area contributed by atoms with Crippen molar-refractivity contribution in [3.8, 4) is 11.5 Å². The van der Waals surface area contributed by atoms with Gasteiger partial charge in [0.2, 0.25) is 5.78 Å². The predicted octanol–water partition coefficient (Wildman–Crippen LogP) is 3.34. The maximum atomic E-state index is 12.8. The monoisotopic (exact) mass is 401 g/mol. The number of methoxy groups -OCH3 is 2. The molecule has 3 rings (SSSR count). The number of aromatic nitrogens is 1. The lowest BCUT2D eigenvalue weighted by atomic mass is 10.1. The fourth-order valence-electron chi connectivity index (χ4n) is 3.61. The normalized spacial score (nSPS) is 15.9. The Hall–Kier alpha value is -2.80. The lowest BCUT2D eigenvalue weighted by Crippen LogP contribution is -2.18. The third-order valence-electron chi connectivity index (χ3n) is 5.23. The molecule has 1 aromatic carbocycles. The highest BCUT2D eigenvalue weighted by atomic mass is 16.5. The van der Waals surface area contributed by atoms with E-state index in [-0.39, 0.29) is 18.5 Å². The summed E-state index contributed by atoms with van der Waals surface area (Å²) in [6.07, 6.45) is 2.34. The van der Waals surface area contributed by atoms with Gasteiger partial charge in [0.1, 0.15) is 0 Å². The van der Waals surface area contributed by atoms with Crippen molar-refractivity contribution in [2.75, 3.05) is 27.4 Å². The molecule has 0 N–H and O–H groups in total. The second-order valence-electron chi connectivity index (χ2n) is 7.10. The van der Waals surface area contributed by atoms with Crippen LogP contribution < -0.4 is 9.47 Å². The number of carbonyl (C=O) groups is 2. The number of rotatable bonds is 8. The maximum Gasteiger partial charge on any atom is 0.337 e. The van der Waals surface area contributed by atoms with Crippen LogP contribution in [0.4, 0.5) is 0 Å². The van der Waals surface area contributed by atoms with Crippen molar-refractivity contribution < 1.29 is 28.5 Å². The van der Waals surface area contributed by atoms with Crippen molar-refractivity contribution >= 4 is 11.8 Å². The van der Waals surface area contributed by atoms with E-state index in [1.54, 1.807) is 12.1 Å². The van der Waals surface area contributed by atoms with Crippen molar-refractivity contribution in [1.82, 2.24) is 4.57 Å². The van der Waals surface area contributed by atoms with E-state index in [0.29, 0.717) is 22.6 Å². The second-order valence-corrected chi connectivity index (χ2v) is 7.10. The Kier molecular flexibility index (Phi) is 6.59. The zero-order valence-electron chi connectivity index (χ0n) is 17.3. The van der Waals surface area contributed by atoms with E-state index in [4.69, 9.17) is 18.9 Å². The van der Waals surface area contributed by atoms with Crippen LogP contribution in [0, 0.1) is 13.8 Å². The Morgan fingerprint density at radius 2 is 1.97 bits per heavy atom. The number of aryl methyl sites for hydroxylation is 1.